The molecule has 0 bridgehead atoms. The summed E-state index contributed by atoms with van der Waals surface area (Å²) in [6.45, 7) is 2.17. The van der Waals surface area contributed by atoms with Crippen molar-refractivity contribution in [3.05, 3.63) is 18.6 Å². The second kappa shape index (κ2) is 5.31. The Labute approximate surface area is 95.5 Å². The maximum atomic E-state index is 5.75. The van der Waals surface area contributed by atoms with E-state index in [1.807, 2.05) is 6.20 Å². The lowest BCUT2D eigenvalue weighted by Gasteiger charge is -2.32. The molecule has 1 aliphatic rings. The van der Waals surface area contributed by atoms with Crippen LogP contribution in [0, 0.1) is 5.92 Å². The second-order valence-electron chi connectivity index (χ2n) is 3.97. The van der Waals surface area contributed by atoms with Crippen LogP contribution in [0.5, 0.6) is 0 Å². The highest BCUT2D eigenvalue weighted by Gasteiger charge is 2.19. The van der Waals surface area contributed by atoms with Gasteiger partial charge in [0.25, 0.3) is 0 Å². The maximum absolute atomic E-state index is 5.75. The lowest BCUT2D eigenvalue weighted by molar-refractivity contribution is 0.395. The van der Waals surface area contributed by atoms with Crippen LogP contribution in [0.2, 0.25) is 0 Å². The summed E-state index contributed by atoms with van der Waals surface area (Å²) in [5.74, 6) is 2.59. The fourth-order valence-corrected chi connectivity index (χ4v) is 2.37. The van der Waals surface area contributed by atoms with Crippen LogP contribution in [0.1, 0.15) is 19.3 Å². The van der Waals surface area contributed by atoms with Crippen molar-refractivity contribution in [3.8, 4) is 0 Å². The molecule has 0 spiro atoms. The van der Waals surface area contributed by atoms with Crippen LogP contribution in [-0.2, 0) is 0 Å². The van der Waals surface area contributed by atoms with Gasteiger partial charge >= 0.3 is 0 Å². The Hall–Kier alpha value is -0.830. The first kappa shape index (κ1) is 10.7. The Kier molecular flexibility index (Phi) is 3.78. The van der Waals surface area contributed by atoms with Crippen molar-refractivity contribution in [1.82, 2.24) is 9.97 Å². The van der Waals surface area contributed by atoms with Gasteiger partial charge in [-0.3, -0.25) is 4.98 Å². The van der Waals surface area contributed by atoms with Crippen LogP contribution < -0.4 is 4.90 Å². The molecule has 1 fully saturated rings. The Balaban J connectivity index is 1.88. The van der Waals surface area contributed by atoms with E-state index < -0.39 is 0 Å². The zero-order valence-corrected chi connectivity index (χ0v) is 9.53. The van der Waals surface area contributed by atoms with Crippen molar-refractivity contribution >= 4 is 17.4 Å². The van der Waals surface area contributed by atoms with Crippen LogP contribution in [0.3, 0.4) is 0 Å². The zero-order chi connectivity index (χ0) is 10.5. The van der Waals surface area contributed by atoms with E-state index in [0.717, 1.165) is 37.1 Å². The van der Waals surface area contributed by atoms with Gasteiger partial charge in [0, 0.05) is 31.4 Å². The highest BCUT2D eigenvalue weighted by atomic mass is 35.5. The first-order valence-electron chi connectivity index (χ1n) is 5.47. The Morgan fingerprint density at radius 2 is 2.13 bits per heavy atom. The van der Waals surface area contributed by atoms with Crippen molar-refractivity contribution in [2.45, 2.75) is 19.3 Å². The minimum atomic E-state index is 0.788. The van der Waals surface area contributed by atoms with Gasteiger partial charge in [-0.25, -0.2) is 4.98 Å². The molecule has 0 amide bonds. The molecule has 0 unspecified atom stereocenters. The van der Waals surface area contributed by atoms with E-state index in [-0.39, 0.29) is 0 Å². The van der Waals surface area contributed by atoms with Gasteiger partial charge in [-0.2, -0.15) is 0 Å². The van der Waals surface area contributed by atoms with E-state index in [4.69, 9.17) is 11.6 Å². The standard InChI is InChI=1S/C11H16ClN3/c12-4-1-10-2-7-15(8-3-10)11-9-13-5-6-14-11/h5-6,9-10H,1-4,7-8H2. The summed E-state index contributed by atoms with van der Waals surface area (Å²) >= 11 is 5.75. The SMILES string of the molecule is ClCCC1CCN(c2cnccn2)CC1. The molecule has 0 aliphatic carbocycles. The van der Waals surface area contributed by atoms with Crippen LogP contribution in [0.25, 0.3) is 0 Å². The van der Waals surface area contributed by atoms with Crippen LogP contribution in [0.15, 0.2) is 18.6 Å². The number of hydrogen-bond acceptors (Lipinski definition) is 3. The molecular weight excluding hydrogens is 210 g/mol. The molecular formula is C11H16ClN3. The molecule has 15 heavy (non-hydrogen) atoms. The Bertz CT molecular complexity index is 283. The van der Waals surface area contributed by atoms with Gasteiger partial charge in [0.15, 0.2) is 0 Å². The van der Waals surface area contributed by atoms with Gasteiger partial charge in [-0.05, 0) is 25.2 Å². The van der Waals surface area contributed by atoms with E-state index in [1.54, 1.807) is 12.4 Å². The summed E-state index contributed by atoms with van der Waals surface area (Å²) in [7, 11) is 0. The lowest BCUT2D eigenvalue weighted by Crippen LogP contribution is -2.34. The highest BCUT2D eigenvalue weighted by Crippen LogP contribution is 2.23. The van der Waals surface area contributed by atoms with Gasteiger partial charge in [0.1, 0.15) is 5.82 Å². The summed E-state index contributed by atoms with van der Waals surface area (Å²) in [5, 5.41) is 0. The van der Waals surface area contributed by atoms with Gasteiger partial charge in [0.2, 0.25) is 0 Å². The Morgan fingerprint density at radius 3 is 2.73 bits per heavy atom. The van der Waals surface area contributed by atoms with E-state index in [0.29, 0.717) is 0 Å². The average Bonchev–Trinajstić information content (AvgIpc) is 2.32. The van der Waals surface area contributed by atoms with Crippen LogP contribution in [-0.4, -0.2) is 28.9 Å². The number of rotatable bonds is 3. The molecule has 3 nitrogen and oxygen atoms in total. The first-order valence-corrected chi connectivity index (χ1v) is 6.00. The van der Waals surface area contributed by atoms with Gasteiger partial charge in [-0.15, -0.1) is 11.6 Å². The number of anilines is 1. The smallest absolute Gasteiger partial charge is 0.147 e. The highest BCUT2D eigenvalue weighted by molar-refractivity contribution is 6.17. The van der Waals surface area contributed by atoms with Crippen molar-refractivity contribution in [3.63, 3.8) is 0 Å². The molecule has 2 heterocycles. The first-order chi connectivity index (χ1) is 7.40. The lowest BCUT2D eigenvalue weighted by atomic mass is 9.94. The summed E-state index contributed by atoms with van der Waals surface area (Å²) in [4.78, 5) is 10.7. The molecule has 1 aliphatic heterocycles. The summed E-state index contributed by atoms with van der Waals surface area (Å²) in [5.41, 5.74) is 0. The van der Waals surface area contributed by atoms with Gasteiger partial charge in [-0.1, -0.05) is 0 Å². The normalized spacial score (nSPS) is 18.1. The summed E-state index contributed by atoms with van der Waals surface area (Å²) in [6.07, 6.45) is 8.90. The fraction of sp³-hybridized carbons (Fsp3) is 0.636. The van der Waals surface area contributed by atoms with Crippen LogP contribution in [0.4, 0.5) is 5.82 Å². The van der Waals surface area contributed by atoms with Crippen molar-refractivity contribution in [2.24, 2.45) is 5.92 Å². The van der Waals surface area contributed by atoms with Gasteiger partial charge in [0.05, 0.1) is 6.20 Å². The maximum Gasteiger partial charge on any atom is 0.147 e. The molecule has 0 N–H and O–H groups in total. The number of piperidine rings is 1. The molecule has 82 valence electrons. The van der Waals surface area contributed by atoms with E-state index in [1.165, 1.54) is 12.8 Å². The van der Waals surface area contributed by atoms with Crippen molar-refractivity contribution < 1.29 is 0 Å². The van der Waals surface area contributed by atoms with Crippen LogP contribution >= 0.6 is 11.6 Å². The number of hydrogen-bond donors (Lipinski definition) is 0. The van der Waals surface area contributed by atoms with E-state index >= 15 is 0 Å². The number of aromatic nitrogens is 2. The quantitative estimate of drug-likeness (QED) is 0.740. The van der Waals surface area contributed by atoms with E-state index in [9.17, 15) is 0 Å². The third-order valence-corrected chi connectivity index (χ3v) is 3.22. The molecule has 0 radical (unpaired) electrons. The van der Waals surface area contributed by atoms with Crippen molar-refractivity contribution in [2.75, 3.05) is 23.9 Å². The zero-order valence-electron chi connectivity index (χ0n) is 8.77. The monoisotopic (exact) mass is 225 g/mol. The van der Waals surface area contributed by atoms with Crippen molar-refractivity contribution in [1.29, 1.82) is 0 Å². The number of alkyl halides is 1. The second-order valence-corrected chi connectivity index (χ2v) is 4.35. The molecule has 1 aromatic heterocycles. The molecule has 1 aromatic rings. The average molecular weight is 226 g/mol. The summed E-state index contributed by atoms with van der Waals surface area (Å²) < 4.78 is 0. The summed E-state index contributed by atoms with van der Waals surface area (Å²) in [6, 6.07) is 0. The van der Waals surface area contributed by atoms with Gasteiger partial charge < -0.3 is 4.90 Å². The minimum Gasteiger partial charge on any atom is -0.355 e. The third-order valence-electron chi connectivity index (χ3n) is 3.01. The predicted molar refractivity (Wildman–Crippen MR) is 62.3 cm³/mol. The molecule has 0 aromatic carbocycles. The number of nitrogens with zero attached hydrogens (tertiary/aromatic N) is 3. The molecule has 0 saturated carbocycles. The largest absolute Gasteiger partial charge is 0.355 e. The molecule has 4 heteroatoms. The third kappa shape index (κ3) is 2.81. The Morgan fingerprint density at radius 1 is 1.33 bits per heavy atom. The van der Waals surface area contributed by atoms with E-state index in [2.05, 4.69) is 14.9 Å². The predicted octanol–water partition coefficient (Wildman–Crippen LogP) is 2.32. The molecule has 1 saturated heterocycles. The topological polar surface area (TPSA) is 29.0 Å². The number of halogens is 1. The molecule has 0 atom stereocenters. The minimum absolute atomic E-state index is 0.788. The molecule has 2 rings (SSSR count). The fourth-order valence-electron chi connectivity index (χ4n) is 2.06.